The third-order valence-electron chi connectivity index (χ3n) is 5.76. The molecule has 2 amide bonds. The van der Waals surface area contributed by atoms with Crippen molar-refractivity contribution in [2.75, 3.05) is 11.9 Å². The maximum absolute atomic E-state index is 14.1. The minimum atomic E-state index is -0.896. The number of nitrogens with zero attached hydrogens (tertiary/aromatic N) is 4. The van der Waals surface area contributed by atoms with E-state index < -0.39 is 29.5 Å². The fourth-order valence-corrected chi connectivity index (χ4v) is 4.36. The molecule has 0 saturated heterocycles. The van der Waals surface area contributed by atoms with E-state index in [9.17, 15) is 18.4 Å². The number of hydrogen-bond acceptors (Lipinski definition) is 4. The second-order valence-corrected chi connectivity index (χ2v) is 8.75. The van der Waals surface area contributed by atoms with Crippen molar-refractivity contribution in [1.29, 1.82) is 5.26 Å². The largest absolute Gasteiger partial charge is 0.330 e. The molecular weight excluding hydrogens is 440 g/mol. The lowest BCUT2D eigenvalue weighted by Gasteiger charge is -2.42. The predicted octanol–water partition coefficient (Wildman–Crippen LogP) is 4.15. The van der Waals surface area contributed by atoms with E-state index in [2.05, 4.69) is 10.4 Å². The van der Waals surface area contributed by atoms with Gasteiger partial charge in [-0.2, -0.15) is 10.4 Å². The third kappa shape index (κ3) is 4.27. The number of carbonyl (C=O) groups is 2. The minimum Gasteiger partial charge on any atom is -0.330 e. The molecule has 0 aliphatic carbocycles. The molecule has 0 unspecified atom stereocenters. The first kappa shape index (κ1) is 23.1. The number of halogens is 2. The normalized spacial score (nSPS) is 17.4. The molecule has 9 heteroatoms. The van der Waals surface area contributed by atoms with Gasteiger partial charge in [0.15, 0.2) is 0 Å². The topological polar surface area (TPSA) is 91.0 Å². The van der Waals surface area contributed by atoms with Crippen LogP contribution in [0.2, 0.25) is 0 Å². The highest BCUT2D eigenvalue weighted by molar-refractivity contribution is 6.04. The van der Waals surface area contributed by atoms with E-state index in [1.807, 2.05) is 13.8 Å². The van der Waals surface area contributed by atoms with Crippen LogP contribution in [-0.2, 0) is 11.8 Å². The number of anilines is 1. The Labute approximate surface area is 195 Å². The van der Waals surface area contributed by atoms with E-state index in [4.69, 9.17) is 5.26 Å². The van der Waals surface area contributed by atoms with Gasteiger partial charge in [-0.15, -0.1) is 0 Å². The van der Waals surface area contributed by atoms with Gasteiger partial charge in [-0.25, -0.2) is 8.78 Å². The molecule has 2 atom stereocenters. The summed E-state index contributed by atoms with van der Waals surface area (Å²) in [6, 6.07) is 8.58. The molecule has 0 fully saturated rings. The number of amides is 2. The van der Waals surface area contributed by atoms with Crippen LogP contribution in [0.1, 0.15) is 52.9 Å². The van der Waals surface area contributed by atoms with E-state index in [1.165, 1.54) is 24.3 Å². The Morgan fingerprint density at radius 2 is 2.00 bits per heavy atom. The highest BCUT2D eigenvalue weighted by Crippen LogP contribution is 2.43. The van der Waals surface area contributed by atoms with Gasteiger partial charge in [0.05, 0.1) is 23.7 Å². The van der Waals surface area contributed by atoms with E-state index in [-0.39, 0.29) is 28.6 Å². The van der Waals surface area contributed by atoms with Gasteiger partial charge in [-0.3, -0.25) is 14.3 Å². The number of hydrogen-bond donors (Lipinski definition) is 1. The number of benzene rings is 2. The number of rotatable bonds is 5. The highest BCUT2D eigenvalue weighted by Gasteiger charge is 2.45. The minimum absolute atomic E-state index is 0.0808. The van der Waals surface area contributed by atoms with Crippen LogP contribution < -0.4 is 5.32 Å². The second kappa shape index (κ2) is 9.06. The van der Waals surface area contributed by atoms with E-state index in [1.54, 1.807) is 35.1 Å². The lowest BCUT2D eigenvalue weighted by atomic mass is 9.79. The van der Waals surface area contributed by atoms with Crippen LogP contribution in [0.4, 0.5) is 14.5 Å². The molecular formula is C25H23F2N5O2. The molecule has 4 rings (SSSR count). The summed E-state index contributed by atoms with van der Waals surface area (Å²) < 4.78 is 29.5. The maximum Gasteiger partial charge on any atom is 0.254 e. The number of aryl methyl sites for hydroxylation is 1. The van der Waals surface area contributed by atoms with Crippen LogP contribution in [0.25, 0.3) is 0 Å². The fraction of sp³-hybridized carbons (Fsp3) is 0.280. The van der Waals surface area contributed by atoms with Gasteiger partial charge in [0, 0.05) is 36.6 Å². The van der Waals surface area contributed by atoms with Gasteiger partial charge in [0.1, 0.15) is 17.7 Å². The Bertz CT molecular complexity index is 1310. The molecule has 34 heavy (non-hydrogen) atoms. The smallest absolute Gasteiger partial charge is 0.254 e. The molecule has 174 valence electrons. The lowest BCUT2D eigenvalue weighted by Crippen LogP contribution is -2.47. The van der Waals surface area contributed by atoms with Gasteiger partial charge in [-0.1, -0.05) is 19.9 Å². The Hall–Kier alpha value is -4.06. The standard InChI is InChI=1S/C25H23F2N5O2/c1-14(2)12-32-23(16-11-29-31(3)13-16)22(19-6-4-17(26)9-20(19)25(32)34)24(33)30-18-5-7-21(27)15(8-18)10-28/h4-9,11,13-14,22-23H,12H2,1-3H3,(H,30,33)/t22-,23+/m1/s1. The molecule has 2 heterocycles. The first-order valence-corrected chi connectivity index (χ1v) is 10.8. The maximum atomic E-state index is 14.1. The quantitative estimate of drug-likeness (QED) is 0.616. The van der Waals surface area contributed by atoms with Crippen molar-refractivity contribution in [3.05, 3.63) is 82.7 Å². The van der Waals surface area contributed by atoms with Gasteiger partial charge in [0.25, 0.3) is 5.91 Å². The van der Waals surface area contributed by atoms with Gasteiger partial charge >= 0.3 is 0 Å². The van der Waals surface area contributed by atoms with Crippen molar-refractivity contribution in [3.8, 4) is 6.07 Å². The van der Waals surface area contributed by atoms with Crippen molar-refractivity contribution in [1.82, 2.24) is 14.7 Å². The second-order valence-electron chi connectivity index (χ2n) is 8.75. The summed E-state index contributed by atoms with van der Waals surface area (Å²) in [4.78, 5) is 28.7. The number of carbonyl (C=O) groups excluding carboxylic acids is 2. The summed E-state index contributed by atoms with van der Waals surface area (Å²) >= 11 is 0. The molecule has 0 radical (unpaired) electrons. The van der Waals surface area contributed by atoms with Gasteiger partial charge < -0.3 is 10.2 Å². The summed E-state index contributed by atoms with van der Waals surface area (Å²) in [6.45, 7) is 4.24. The number of nitrogens with one attached hydrogen (secondary N) is 1. The van der Waals surface area contributed by atoms with Crippen molar-refractivity contribution in [2.45, 2.75) is 25.8 Å². The molecule has 7 nitrogen and oxygen atoms in total. The first-order valence-electron chi connectivity index (χ1n) is 10.8. The summed E-state index contributed by atoms with van der Waals surface area (Å²) in [5, 5.41) is 16.1. The SMILES string of the molecule is CC(C)CN1C(=O)c2cc(F)ccc2[C@@H](C(=O)Nc2ccc(F)c(C#N)c2)[C@@H]1c1cnn(C)c1. The van der Waals surface area contributed by atoms with E-state index in [0.717, 1.165) is 12.1 Å². The van der Waals surface area contributed by atoms with Crippen molar-refractivity contribution in [3.63, 3.8) is 0 Å². The molecule has 0 bridgehead atoms. The Morgan fingerprint density at radius 1 is 1.24 bits per heavy atom. The Balaban J connectivity index is 1.85. The lowest BCUT2D eigenvalue weighted by molar-refractivity contribution is -0.119. The molecule has 1 aliphatic rings. The Kier molecular flexibility index (Phi) is 6.16. The van der Waals surface area contributed by atoms with Crippen LogP contribution in [0.5, 0.6) is 0 Å². The molecule has 1 aliphatic heterocycles. The summed E-state index contributed by atoms with van der Waals surface area (Å²) in [6.07, 6.45) is 3.34. The fourth-order valence-electron chi connectivity index (χ4n) is 4.36. The van der Waals surface area contributed by atoms with Crippen LogP contribution in [0.15, 0.2) is 48.8 Å². The molecule has 0 saturated carbocycles. The molecule has 2 aromatic carbocycles. The van der Waals surface area contributed by atoms with Crippen LogP contribution in [-0.4, -0.2) is 33.0 Å². The van der Waals surface area contributed by atoms with Crippen LogP contribution >= 0.6 is 0 Å². The van der Waals surface area contributed by atoms with E-state index in [0.29, 0.717) is 17.7 Å². The average Bonchev–Trinajstić information content (AvgIpc) is 3.22. The number of nitriles is 1. The molecule has 1 N–H and O–H groups in total. The number of fused-ring (bicyclic) bond motifs is 1. The first-order chi connectivity index (χ1) is 16.2. The van der Waals surface area contributed by atoms with Crippen molar-refractivity contribution >= 4 is 17.5 Å². The Morgan fingerprint density at radius 3 is 2.65 bits per heavy atom. The van der Waals surface area contributed by atoms with Crippen LogP contribution in [0.3, 0.4) is 0 Å². The molecule has 3 aromatic rings. The third-order valence-corrected chi connectivity index (χ3v) is 5.76. The van der Waals surface area contributed by atoms with Gasteiger partial charge in [0.2, 0.25) is 5.91 Å². The monoisotopic (exact) mass is 463 g/mol. The average molecular weight is 463 g/mol. The zero-order valence-electron chi connectivity index (χ0n) is 18.9. The number of aromatic nitrogens is 2. The van der Waals surface area contributed by atoms with Crippen molar-refractivity contribution < 1.29 is 18.4 Å². The van der Waals surface area contributed by atoms with E-state index >= 15 is 0 Å². The highest BCUT2D eigenvalue weighted by atomic mass is 19.1. The predicted molar refractivity (Wildman–Crippen MR) is 121 cm³/mol. The van der Waals surface area contributed by atoms with Crippen molar-refractivity contribution in [2.24, 2.45) is 13.0 Å². The zero-order chi connectivity index (χ0) is 24.6. The molecule has 0 spiro atoms. The summed E-state index contributed by atoms with van der Waals surface area (Å²) in [7, 11) is 1.74. The summed E-state index contributed by atoms with van der Waals surface area (Å²) in [5.41, 5.74) is 1.20. The summed E-state index contributed by atoms with van der Waals surface area (Å²) in [5.74, 6) is -2.93. The van der Waals surface area contributed by atoms with Gasteiger partial charge in [-0.05, 0) is 41.8 Å². The molecule has 1 aromatic heterocycles. The van der Waals surface area contributed by atoms with Crippen LogP contribution in [0, 0.1) is 28.9 Å². The zero-order valence-corrected chi connectivity index (χ0v) is 18.9.